The van der Waals surface area contributed by atoms with Gasteiger partial charge in [-0.3, -0.25) is 4.68 Å². The number of nitrogens with one attached hydrogen (secondary N) is 1. The third kappa shape index (κ3) is 4.10. The van der Waals surface area contributed by atoms with Gasteiger partial charge in [0.1, 0.15) is 0 Å². The second-order valence-electron chi connectivity index (χ2n) is 5.10. The molecule has 0 amide bonds. The van der Waals surface area contributed by atoms with Gasteiger partial charge in [0.15, 0.2) is 0 Å². The number of nitrogens with zero attached hydrogens (tertiary/aromatic N) is 2. The van der Waals surface area contributed by atoms with E-state index < -0.39 is 0 Å². The average molecular weight is 251 g/mol. The van der Waals surface area contributed by atoms with Crippen LogP contribution in [0.3, 0.4) is 0 Å². The number of unbranched alkanes of at least 4 members (excludes halogenated alkanes) is 1. The molecule has 1 aromatic heterocycles. The molecule has 0 bridgehead atoms. The molecular weight excluding hydrogens is 226 g/mol. The van der Waals surface area contributed by atoms with Crippen molar-refractivity contribution in [2.24, 2.45) is 0 Å². The molecule has 0 spiro atoms. The molecule has 0 aliphatic heterocycles. The first-order valence-corrected chi connectivity index (χ1v) is 7.14. The lowest BCUT2D eigenvalue weighted by Crippen LogP contribution is -2.16. The predicted octanol–water partition coefficient (Wildman–Crippen LogP) is 2.51. The highest BCUT2D eigenvalue weighted by atomic mass is 16.5. The van der Waals surface area contributed by atoms with Crippen LogP contribution < -0.4 is 5.32 Å². The van der Waals surface area contributed by atoms with Gasteiger partial charge >= 0.3 is 0 Å². The summed E-state index contributed by atoms with van der Waals surface area (Å²) in [4.78, 5) is 0. The van der Waals surface area contributed by atoms with Gasteiger partial charge in [0.05, 0.1) is 11.7 Å². The summed E-state index contributed by atoms with van der Waals surface area (Å²) < 4.78 is 7.19. The summed E-state index contributed by atoms with van der Waals surface area (Å²) in [5.74, 6) is 0. The molecule has 0 aromatic carbocycles. The molecule has 1 aliphatic carbocycles. The van der Waals surface area contributed by atoms with Crippen LogP contribution in [-0.2, 0) is 11.3 Å². The smallest absolute Gasteiger partial charge is 0.0762 e. The maximum atomic E-state index is 5.02. The molecule has 1 N–H and O–H groups in total. The molecule has 1 heterocycles. The summed E-state index contributed by atoms with van der Waals surface area (Å²) in [6, 6.07) is 2.79. The van der Waals surface area contributed by atoms with E-state index in [2.05, 4.69) is 27.4 Å². The summed E-state index contributed by atoms with van der Waals surface area (Å²) in [5, 5.41) is 8.09. The van der Waals surface area contributed by atoms with Crippen molar-refractivity contribution in [2.45, 2.75) is 51.1 Å². The molecule has 0 saturated heterocycles. The van der Waals surface area contributed by atoms with Crippen molar-refractivity contribution < 1.29 is 4.74 Å². The van der Waals surface area contributed by atoms with Crippen molar-refractivity contribution in [3.05, 3.63) is 18.0 Å². The third-order valence-corrected chi connectivity index (χ3v) is 3.62. The Kier molecular flexibility index (Phi) is 5.68. The monoisotopic (exact) mass is 251 g/mol. The van der Waals surface area contributed by atoms with Crippen molar-refractivity contribution in [1.82, 2.24) is 15.1 Å². The number of ether oxygens (including phenoxy) is 1. The molecule has 1 aliphatic rings. The molecule has 0 atom stereocenters. The molecule has 18 heavy (non-hydrogen) atoms. The summed E-state index contributed by atoms with van der Waals surface area (Å²) >= 11 is 0. The van der Waals surface area contributed by atoms with E-state index in [9.17, 15) is 0 Å². The van der Waals surface area contributed by atoms with E-state index in [1.54, 1.807) is 7.11 Å². The molecule has 0 unspecified atom stereocenters. The van der Waals surface area contributed by atoms with Crippen LogP contribution in [0.1, 0.15) is 50.3 Å². The van der Waals surface area contributed by atoms with E-state index in [1.165, 1.54) is 25.7 Å². The second-order valence-corrected chi connectivity index (χ2v) is 5.10. The van der Waals surface area contributed by atoms with Crippen molar-refractivity contribution in [3.8, 4) is 0 Å². The molecular formula is C14H25N3O. The molecule has 1 aromatic rings. The first-order valence-electron chi connectivity index (χ1n) is 7.14. The highest BCUT2D eigenvalue weighted by Gasteiger charge is 2.17. The van der Waals surface area contributed by atoms with Gasteiger partial charge in [0.25, 0.3) is 0 Å². The predicted molar refractivity (Wildman–Crippen MR) is 72.5 cm³/mol. The van der Waals surface area contributed by atoms with Gasteiger partial charge in [-0.1, -0.05) is 12.8 Å². The molecule has 4 heteroatoms. The third-order valence-electron chi connectivity index (χ3n) is 3.62. The zero-order valence-electron chi connectivity index (χ0n) is 11.4. The van der Waals surface area contributed by atoms with Crippen LogP contribution in [0, 0.1) is 0 Å². The molecule has 0 radical (unpaired) electrons. The minimum atomic E-state index is 0.653. The number of rotatable bonds is 8. The lowest BCUT2D eigenvalue weighted by Gasteiger charge is -2.09. The fourth-order valence-electron chi connectivity index (χ4n) is 2.56. The minimum Gasteiger partial charge on any atom is -0.385 e. The van der Waals surface area contributed by atoms with Crippen LogP contribution in [0.25, 0.3) is 0 Å². The zero-order valence-corrected chi connectivity index (χ0v) is 11.4. The van der Waals surface area contributed by atoms with E-state index in [1.807, 2.05) is 0 Å². The maximum absolute atomic E-state index is 5.02. The van der Waals surface area contributed by atoms with E-state index in [4.69, 9.17) is 4.74 Å². The van der Waals surface area contributed by atoms with E-state index in [-0.39, 0.29) is 0 Å². The molecule has 2 rings (SSSR count). The highest BCUT2D eigenvalue weighted by Crippen LogP contribution is 2.28. The van der Waals surface area contributed by atoms with Crippen LogP contribution in [0.2, 0.25) is 0 Å². The van der Waals surface area contributed by atoms with Crippen LogP contribution in [-0.4, -0.2) is 30.0 Å². The summed E-state index contributed by atoms with van der Waals surface area (Å²) in [6.45, 7) is 2.78. The molecule has 1 saturated carbocycles. The van der Waals surface area contributed by atoms with Crippen LogP contribution in [0.15, 0.2) is 12.3 Å². The topological polar surface area (TPSA) is 39.1 Å². The van der Waals surface area contributed by atoms with Gasteiger partial charge in [0.2, 0.25) is 0 Å². The van der Waals surface area contributed by atoms with Gasteiger partial charge in [-0.25, -0.2) is 0 Å². The zero-order chi connectivity index (χ0) is 12.6. The number of aromatic nitrogens is 2. The summed E-state index contributed by atoms with van der Waals surface area (Å²) in [7, 11) is 1.75. The quantitative estimate of drug-likeness (QED) is 0.722. The Morgan fingerprint density at radius 2 is 2.22 bits per heavy atom. The van der Waals surface area contributed by atoms with Gasteiger partial charge in [-0.05, 0) is 38.3 Å². The average Bonchev–Trinajstić information content (AvgIpc) is 3.03. The lowest BCUT2D eigenvalue weighted by atomic mass is 10.3. The van der Waals surface area contributed by atoms with Crippen LogP contribution in [0.4, 0.5) is 0 Å². The van der Waals surface area contributed by atoms with Gasteiger partial charge in [-0.2, -0.15) is 5.10 Å². The normalized spacial score (nSPS) is 16.5. The van der Waals surface area contributed by atoms with Gasteiger partial charge in [0, 0.05) is 26.5 Å². The first kappa shape index (κ1) is 13.6. The SMILES string of the molecule is COCCCCNCc1ccn(C2CCCC2)n1. The van der Waals surface area contributed by atoms with Crippen molar-refractivity contribution in [3.63, 3.8) is 0 Å². The van der Waals surface area contributed by atoms with Crippen LogP contribution in [0.5, 0.6) is 0 Å². The van der Waals surface area contributed by atoms with Crippen molar-refractivity contribution >= 4 is 0 Å². The van der Waals surface area contributed by atoms with Gasteiger partial charge < -0.3 is 10.1 Å². The Bertz CT molecular complexity index is 332. The molecule has 1 fully saturated rings. The standard InChI is InChI=1S/C14H25N3O/c1-18-11-5-4-9-15-12-13-8-10-17(16-13)14-6-2-3-7-14/h8,10,14-15H,2-7,9,11-12H2,1H3. The fraction of sp³-hybridized carbons (Fsp3) is 0.786. The Balaban J connectivity index is 1.64. The van der Waals surface area contributed by atoms with Crippen molar-refractivity contribution in [1.29, 1.82) is 0 Å². The Morgan fingerprint density at radius 3 is 3.00 bits per heavy atom. The first-order chi connectivity index (χ1) is 8.90. The Labute approximate surface area is 110 Å². The molecule has 4 nitrogen and oxygen atoms in total. The number of methoxy groups -OCH3 is 1. The minimum absolute atomic E-state index is 0.653. The Hall–Kier alpha value is -0.870. The Morgan fingerprint density at radius 1 is 1.39 bits per heavy atom. The van der Waals surface area contributed by atoms with E-state index in [0.29, 0.717) is 6.04 Å². The summed E-state index contributed by atoms with van der Waals surface area (Å²) in [6.07, 6.45) is 9.74. The van der Waals surface area contributed by atoms with Crippen molar-refractivity contribution in [2.75, 3.05) is 20.3 Å². The number of hydrogen-bond donors (Lipinski definition) is 1. The summed E-state index contributed by atoms with van der Waals surface area (Å²) in [5.41, 5.74) is 1.16. The highest BCUT2D eigenvalue weighted by molar-refractivity contribution is 4.99. The lowest BCUT2D eigenvalue weighted by molar-refractivity contribution is 0.192. The molecule has 102 valence electrons. The fourth-order valence-corrected chi connectivity index (χ4v) is 2.56. The second kappa shape index (κ2) is 7.54. The van der Waals surface area contributed by atoms with E-state index >= 15 is 0 Å². The van der Waals surface area contributed by atoms with Gasteiger partial charge in [-0.15, -0.1) is 0 Å². The van der Waals surface area contributed by atoms with Crippen LogP contribution >= 0.6 is 0 Å². The van der Waals surface area contributed by atoms with E-state index in [0.717, 1.165) is 38.2 Å². The largest absolute Gasteiger partial charge is 0.385 e. The maximum Gasteiger partial charge on any atom is 0.0762 e. The number of hydrogen-bond acceptors (Lipinski definition) is 3.